The van der Waals surface area contributed by atoms with E-state index in [4.69, 9.17) is 4.74 Å². The van der Waals surface area contributed by atoms with E-state index < -0.39 is 0 Å². The van der Waals surface area contributed by atoms with Crippen LogP contribution < -0.4 is 5.32 Å². The van der Waals surface area contributed by atoms with Gasteiger partial charge in [0.1, 0.15) is 0 Å². The number of hydrogen-bond acceptors (Lipinski definition) is 3. The van der Waals surface area contributed by atoms with E-state index >= 15 is 0 Å². The van der Waals surface area contributed by atoms with Crippen molar-refractivity contribution in [1.82, 2.24) is 5.32 Å². The Bertz CT molecular complexity index is 259. The molecule has 1 atom stereocenters. The molecule has 0 saturated carbocycles. The Morgan fingerprint density at radius 2 is 2.12 bits per heavy atom. The molecule has 0 aromatic carbocycles. The summed E-state index contributed by atoms with van der Waals surface area (Å²) in [6.07, 6.45) is 1.15. The van der Waals surface area contributed by atoms with Crippen LogP contribution in [-0.2, 0) is 4.74 Å². The molecule has 1 rings (SSSR count). The molecule has 0 aliphatic carbocycles. The fourth-order valence-corrected chi connectivity index (χ4v) is 2.17. The summed E-state index contributed by atoms with van der Waals surface area (Å²) < 4.78 is 5.55. The van der Waals surface area contributed by atoms with E-state index in [1.165, 1.54) is 4.88 Å². The summed E-state index contributed by atoms with van der Waals surface area (Å²) in [4.78, 5) is 1.39. The van der Waals surface area contributed by atoms with Crippen molar-refractivity contribution in [3.8, 4) is 0 Å². The van der Waals surface area contributed by atoms with Crippen LogP contribution in [0, 0.1) is 5.92 Å². The molecule has 3 heteroatoms. The maximum absolute atomic E-state index is 5.55. The average Bonchev–Trinajstić information content (AvgIpc) is 2.75. The maximum atomic E-state index is 5.55. The van der Waals surface area contributed by atoms with E-state index in [1.54, 1.807) is 11.3 Å². The first kappa shape index (κ1) is 13.7. The molecule has 92 valence electrons. The summed E-state index contributed by atoms with van der Waals surface area (Å²) in [5.41, 5.74) is 0. The van der Waals surface area contributed by atoms with Gasteiger partial charge in [-0.2, -0.15) is 0 Å². The van der Waals surface area contributed by atoms with E-state index in [2.05, 4.69) is 43.6 Å². The minimum Gasteiger partial charge on any atom is -0.380 e. The average molecular weight is 241 g/mol. The van der Waals surface area contributed by atoms with E-state index in [9.17, 15) is 0 Å². The summed E-state index contributed by atoms with van der Waals surface area (Å²) in [6, 6.07) is 4.70. The third-order valence-electron chi connectivity index (χ3n) is 2.51. The SMILES string of the molecule is CC(C)CCOCCN[C@@H](C)c1cccs1. The van der Waals surface area contributed by atoms with Gasteiger partial charge in [-0.05, 0) is 30.7 Å². The Labute approximate surface area is 103 Å². The van der Waals surface area contributed by atoms with Crippen molar-refractivity contribution < 1.29 is 4.74 Å². The smallest absolute Gasteiger partial charge is 0.0591 e. The Hall–Kier alpha value is -0.380. The van der Waals surface area contributed by atoms with Gasteiger partial charge in [-0.25, -0.2) is 0 Å². The van der Waals surface area contributed by atoms with Gasteiger partial charge in [0.2, 0.25) is 0 Å². The van der Waals surface area contributed by atoms with Gasteiger partial charge >= 0.3 is 0 Å². The molecule has 0 bridgehead atoms. The van der Waals surface area contributed by atoms with Crippen molar-refractivity contribution in [3.05, 3.63) is 22.4 Å². The summed E-state index contributed by atoms with van der Waals surface area (Å²) in [5, 5.41) is 5.58. The number of hydrogen-bond donors (Lipinski definition) is 1. The largest absolute Gasteiger partial charge is 0.380 e. The van der Waals surface area contributed by atoms with Gasteiger partial charge in [-0.1, -0.05) is 19.9 Å². The number of rotatable bonds is 8. The van der Waals surface area contributed by atoms with Crippen LogP contribution in [0.2, 0.25) is 0 Å². The van der Waals surface area contributed by atoms with Crippen LogP contribution in [-0.4, -0.2) is 19.8 Å². The number of ether oxygens (including phenoxy) is 1. The zero-order chi connectivity index (χ0) is 11.8. The molecule has 0 amide bonds. The highest BCUT2D eigenvalue weighted by atomic mass is 32.1. The van der Waals surface area contributed by atoms with Crippen LogP contribution in [0.5, 0.6) is 0 Å². The quantitative estimate of drug-likeness (QED) is 0.704. The Balaban J connectivity index is 1.99. The molecule has 1 N–H and O–H groups in total. The van der Waals surface area contributed by atoms with E-state index in [-0.39, 0.29) is 0 Å². The molecule has 16 heavy (non-hydrogen) atoms. The monoisotopic (exact) mass is 241 g/mol. The molecule has 0 unspecified atom stereocenters. The van der Waals surface area contributed by atoms with Crippen LogP contribution in [0.4, 0.5) is 0 Å². The molecule has 2 nitrogen and oxygen atoms in total. The van der Waals surface area contributed by atoms with Crippen LogP contribution in [0.3, 0.4) is 0 Å². The zero-order valence-corrected chi connectivity index (χ0v) is 11.3. The predicted octanol–water partition coefficient (Wildman–Crippen LogP) is 3.46. The lowest BCUT2D eigenvalue weighted by molar-refractivity contribution is 0.124. The first-order chi connectivity index (χ1) is 7.70. The van der Waals surface area contributed by atoms with Gasteiger partial charge < -0.3 is 10.1 Å². The van der Waals surface area contributed by atoms with E-state index in [0.29, 0.717) is 6.04 Å². The van der Waals surface area contributed by atoms with Crippen molar-refractivity contribution in [2.24, 2.45) is 5.92 Å². The molecule has 0 spiro atoms. The lowest BCUT2D eigenvalue weighted by atomic mass is 10.1. The maximum Gasteiger partial charge on any atom is 0.0591 e. The minimum absolute atomic E-state index is 0.439. The fourth-order valence-electron chi connectivity index (χ4n) is 1.41. The molecule has 1 aromatic rings. The molecular weight excluding hydrogens is 218 g/mol. The summed E-state index contributed by atoms with van der Waals surface area (Å²) in [5.74, 6) is 0.734. The molecule has 0 fully saturated rings. The van der Waals surface area contributed by atoms with Crippen molar-refractivity contribution in [2.75, 3.05) is 19.8 Å². The van der Waals surface area contributed by atoms with Gasteiger partial charge in [-0.15, -0.1) is 11.3 Å². The summed E-state index contributed by atoms with van der Waals surface area (Å²) >= 11 is 1.80. The summed E-state index contributed by atoms with van der Waals surface area (Å²) in [7, 11) is 0. The van der Waals surface area contributed by atoms with E-state index in [1.807, 2.05) is 0 Å². The normalized spacial score (nSPS) is 13.2. The minimum atomic E-state index is 0.439. The van der Waals surface area contributed by atoms with Gasteiger partial charge in [0.05, 0.1) is 6.61 Å². The van der Waals surface area contributed by atoms with Crippen molar-refractivity contribution in [3.63, 3.8) is 0 Å². The van der Waals surface area contributed by atoms with Crippen LogP contribution >= 0.6 is 11.3 Å². The Morgan fingerprint density at radius 3 is 2.75 bits per heavy atom. The first-order valence-corrected chi connectivity index (χ1v) is 6.92. The standard InChI is InChI=1S/C13H23NOS/c1-11(2)6-8-15-9-7-14-12(3)13-5-4-10-16-13/h4-5,10-12,14H,6-9H2,1-3H3/t12-/m0/s1. The van der Waals surface area contributed by atoms with E-state index in [0.717, 1.165) is 32.1 Å². The lowest BCUT2D eigenvalue weighted by Crippen LogP contribution is -2.23. The first-order valence-electron chi connectivity index (χ1n) is 6.04. The third kappa shape index (κ3) is 5.64. The van der Waals surface area contributed by atoms with Gasteiger partial charge in [-0.3, -0.25) is 0 Å². The highest BCUT2D eigenvalue weighted by Crippen LogP contribution is 2.17. The fraction of sp³-hybridized carbons (Fsp3) is 0.692. The Morgan fingerprint density at radius 1 is 1.31 bits per heavy atom. The van der Waals surface area contributed by atoms with Gasteiger partial charge in [0.15, 0.2) is 0 Å². The topological polar surface area (TPSA) is 21.3 Å². The number of nitrogens with one attached hydrogen (secondary N) is 1. The third-order valence-corrected chi connectivity index (χ3v) is 3.56. The predicted molar refractivity (Wildman–Crippen MR) is 71.0 cm³/mol. The second-order valence-electron chi connectivity index (χ2n) is 4.49. The van der Waals surface area contributed by atoms with Gasteiger partial charge in [0, 0.05) is 24.1 Å². The molecule has 1 aromatic heterocycles. The molecule has 0 aliphatic heterocycles. The van der Waals surface area contributed by atoms with Crippen molar-refractivity contribution in [1.29, 1.82) is 0 Å². The highest BCUT2D eigenvalue weighted by molar-refractivity contribution is 7.10. The molecule has 0 aliphatic rings. The molecular formula is C13H23NOS. The summed E-state index contributed by atoms with van der Waals surface area (Å²) in [6.45, 7) is 9.26. The van der Waals surface area contributed by atoms with Crippen LogP contribution in [0.25, 0.3) is 0 Å². The molecule has 0 saturated heterocycles. The molecule has 0 radical (unpaired) electrons. The van der Waals surface area contributed by atoms with Crippen LogP contribution in [0.15, 0.2) is 17.5 Å². The highest BCUT2D eigenvalue weighted by Gasteiger charge is 2.04. The van der Waals surface area contributed by atoms with Crippen molar-refractivity contribution in [2.45, 2.75) is 33.2 Å². The zero-order valence-electron chi connectivity index (χ0n) is 10.5. The second kappa shape index (κ2) is 7.82. The lowest BCUT2D eigenvalue weighted by Gasteiger charge is -2.12. The van der Waals surface area contributed by atoms with Crippen LogP contribution in [0.1, 0.15) is 38.1 Å². The van der Waals surface area contributed by atoms with Crippen molar-refractivity contribution >= 4 is 11.3 Å². The van der Waals surface area contributed by atoms with Gasteiger partial charge in [0.25, 0.3) is 0 Å². The molecule has 1 heterocycles. The Kier molecular flexibility index (Phi) is 6.69. The second-order valence-corrected chi connectivity index (χ2v) is 5.47. The number of thiophene rings is 1.